The molecule has 2 aromatic rings. The second-order valence-corrected chi connectivity index (χ2v) is 6.20. The van der Waals surface area contributed by atoms with Crippen molar-refractivity contribution in [3.05, 3.63) is 42.2 Å². The Morgan fingerprint density at radius 1 is 1.47 bits per heavy atom. The normalized spacial score (nSPS) is 13.4. The monoisotopic (exact) mass is 300 g/mol. The van der Waals surface area contributed by atoms with Crippen molar-refractivity contribution in [1.82, 2.24) is 19.3 Å². The van der Waals surface area contributed by atoms with Gasteiger partial charge in [0.25, 0.3) is 0 Å². The van der Waals surface area contributed by atoms with Gasteiger partial charge in [-0.1, -0.05) is 11.6 Å². The highest BCUT2D eigenvalue weighted by atomic mass is 35.5. The van der Waals surface area contributed by atoms with Crippen molar-refractivity contribution in [2.45, 2.75) is 24.4 Å². The topological polar surface area (TPSA) is 76.9 Å². The summed E-state index contributed by atoms with van der Waals surface area (Å²) in [6.45, 7) is 2.28. The lowest BCUT2D eigenvalue weighted by atomic mass is 10.4. The summed E-state index contributed by atoms with van der Waals surface area (Å²) in [5.74, 6) is 0. The first kappa shape index (κ1) is 14.0. The minimum Gasteiger partial charge on any atom is -0.336 e. The molecule has 1 unspecified atom stereocenters. The second kappa shape index (κ2) is 5.68. The van der Waals surface area contributed by atoms with Crippen LogP contribution < -0.4 is 4.72 Å². The van der Waals surface area contributed by atoms with Gasteiger partial charge in [0.2, 0.25) is 10.0 Å². The number of nitrogens with zero attached hydrogens (tertiary/aromatic N) is 3. The highest BCUT2D eigenvalue weighted by Gasteiger charge is 2.17. The number of halogens is 1. The van der Waals surface area contributed by atoms with E-state index in [-0.39, 0.29) is 16.1 Å². The Balaban J connectivity index is 2.06. The average Bonchev–Trinajstić information content (AvgIpc) is 2.81. The van der Waals surface area contributed by atoms with Crippen LogP contribution in [0.15, 0.2) is 41.9 Å². The van der Waals surface area contributed by atoms with Crippen LogP contribution in [0.2, 0.25) is 5.15 Å². The maximum absolute atomic E-state index is 12.1. The number of imidazole rings is 1. The van der Waals surface area contributed by atoms with Crippen LogP contribution in [0.5, 0.6) is 0 Å². The number of hydrogen-bond acceptors (Lipinski definition) is 4. The van der Waals surface area contributed by atoms with Gasteiger partial charge in [0, 0.05) is 31.2 Å². The van der Waals surface area contributed by atoms with Gasteiger partial charge in [-0.05, 0) is 19.1 Å². The van der Waals surface area contributed by atoms with E-state index >= 15 is 0 Å². The average molecular weight is 301 g/mol. The number of sulfonamides is 1. The van der Waals surface area contributed by atoms with Crippen molar-refractivity contribution in [1.29, 1.82) is 0 Å². The molecule has 19 heavy (non-hydrogen) atoms. The minimum atomic E-state index is -3.58. The Bertz CT molecular complexity index is 625. The van der Waals surface area contributed by atoms with Gasteiger partial charge in [0.1, 0.15) is 10.0 Å². The summed E-state index contributed by atoms with van der Waals surface area (Å²) in [6, 6.07) is 2.59. The van der Waals surface area contributed by atoms with Crippen LogP contribution in [0, 0.1) is 0 Å². The summed E-state index contributed by atoms with van der Waals surface area (Å²) in [7, 11) is -3.58. The van der Waals surface area contributed by atoms with Crippen molar-refractivity contribution >= 4 is 21.6 Å². The first-order valence-corrected chi connectivity index (χ1v) is 7.43. The van der Waals surface area contributed by atoms with E-state index in [4.69, 9.17) is 11.6 Å². The highest BCUT2D eigenvalue weighted by molar-refractivity contribution is 7.89. The SMILES string of the molecule is CC(Cn1ccnc1)NS(=O)(=O)c1ccc(Cl)nc1. The van der Waals surface area contributed by atoms with Gasteiger partial charge in [0.05, 0.1) is 6.33 Å². The summed E-state index contributed by atoms with van der Waals surface area (Å²) in [6.07, 6.45) is 6.28. The lowest BCUT2D eigenvalue weighted by molar-refractivity contribution is 0.520. The molecule has 0 saturated carbocycles. The third-order valence-corrected chi connectivity index (χ3v) is 4.21. The first-order chi connectivity index (χ1) is 8.97. The van der Waals surface area contributed by atoms with Gasteiger partial charge in [-0.3, -0.25) is 0 Å². The predicted molar refractivity (Wildman–Crippen MR) is 71.3 cm³/mol. The van der Waals surface area contributed by atoms with Gasteiger partial charge < -0.3 is 4.57 Å². The van der Waals surface area contributed by atoms with Gasteiger partial charge in [-0.25, -0.2) is 23.1 Å². The summed E-state index contributed by atoms with van der Waals surface area (Å²) in [5.41, 5.74) is 0. The molecule has 2 aromatic heterocycles. The van der Waals surface area contributed by atoms with E-state index < -0.39 is 10.0 Å². The molecule has 1 atom stereocenters. The molecular weight excluding hydrogens is 288 g/mol. The molecule has 0 amide bonds. The smallest absolute Gasteiger partial charge is 0.242 e. The molecule has 2 rings (SSSR count). The molecule has 2 heterocycles. The van der Waals surface area contributed by atoms with Crippen molar-refractivity contribution in [2.24, 2.45) is 0 Å². The van der Waals surface area contributed by atoms with E-state index in [0.717, 1.165) is 0 Å². The molecule has 0 aromatic carbocycles. The van der Waals surface area contributed by atoms with Crippen LogP contribution in [-0.2, 0) is 16.6 Å². The van der Waals surface area contributed by atoms with Crippen LogP contribution in [0.25, 0.3) is 0 Å². The van der Waals surface area contributed by atoms with Crippen LogP contribution in [0.4, 0.5) is 0 Å². The van der Waals surface area contributed by atoms with Crippen molar-refractivity contribution in [2.75, 3.05) is 0 Å². The fourth-order valence-electron chi connectivity index (χ4n) is 1.60. The largest absolute Gasteiger partial charge is 0.336 e. The molecule has 0 bridgehead atoms. The molecule has 0 spiro atoms. The van der Waals surface area contributed by atoms with Gasteiger partial charge >= 0.3 is 0 Å². The van der Waals surface area contributed by atoms with Crippen molar-refractivity contribution in [3.8, 4) is 0 Å². The molecule has 0 saturated heterocycles. The second-order valence-electron chi connectivity index (χ2n) is 4.10. The van der Waals surface area contributed by atoms with Crippen molar-refractivity contribution in [3.63, 3.8) is 0 Å². The maximum Gasteiger partial charge on any atom is 0.242 e. The number of rotatable bonds is 5. The maximum atomic E-state index is 12.1. The zero-order valence-corrected chi connectivity index (χ0v) is 11.8. The van der Waals surface area contributed by atoms with E-state index in [1.54, 1.807) is 30.2 Å². The predicted octanol–water partition coefficient (Wildman–Crippen LogP) is 1.30. The molecule has 0 fully saturated rings. The van der Waals surface area contributed by atoms with Crippen LogP contribution in [0.3, 0.4) is 0 Å². The van der Waals surface area contributed by atoms with Gasteiger partial charge in [0.15, 0.2) is 0 Å². The highest BCUT2D eigenvalue weighted by Crippen LogP contribution is 2.11. The number of pyridine rings is 1. The molecule has 6 nitrogen and oxygen atoms in total. The molecule has 0 aliphatic carbocycles. The minimum absolute atomic E-state index is 0.0920. The standard InChI is InChI=1S/C11H13ClN4O2S/c1-9(7-16-5-4-13-8-16)15-19(17,18)10-2-3-11(12)14-6-10/h2-6,8-9,15H,7H2,1H3. The molecule has 102 valence electrons. The molecule has 0 radical (unpaired) electrons. The van der Waals surface area contributed by atoms with Crippen molar-refractivity contribution < 1.29 is 8.42 Å². The molecular formula is C11H13ClN4O2S. The number of hydrogen-bond donors (Lipinski definition) is 1. The molecule has 1 N–H and O–H groups in total. The Labute approximate surface area is 116 Å². The van der Waals surface area contributed by atoms with Gasteiger partial charge in [-0.2, -0.15) is 0 Å². The van der Waals surface area contributed by atoms with E-state index in [1.165, 1.54) is 18.3 Å². The van der Waals surface area contributed by atoms with Crippen LogP contribution in [-0.4, -0.2) is 29.0 Å². The zero-order chi connectivity index (χ0) is 13.9. The van der Waals surface area contributed by atoms with Crippen LogP contribution >= 0.6 is 11.6 Å². The summed E-state index contributed by atoms with van der Waals surface area (Å²) >= 11 is 5.63. The Hall–Kier alpha value is -1.44. The third kappa shape index (κ3) is 3.76. The number of aromatic nitrogens is 3. The lowest BCUT2D eigenvalue weighted by Crippen LogP contribution is -2.35. The zero-order valence-electron chi connectivity index (χ0n) is 10.2. The third-order valence-electron chi connectivity index (χ3n) is 2.41. The Morgan fingerprint density at radius 3 is 2.84 bits per heavy atom. The van der Waals surface area contributed by atoms with Gasteiger partial charge in [-0.15, -0.1) is 0 Å². The van der Waals surface area contributed by atoms with E-state index in [9.17, 15) is 8.42 Å². The Morgan fingerprint density at radius 2 is 2.26 bits per heavy atom. The summed E-state index contributed by atoms with van der Waals surface area (Å²) < 4.78 is 28.5. The quantitative estimate of drug-likeness (QED) is 0.844. The van der Waals surface area contributed by atoms with Crippen LogP contribution in [0.1, 0.15) is 6.92 Å². The van der Waals surface area contributed by atoms with E-state index in [1.807, 2.05) is 0 Å². The lowest BCUT2D eigenvalue weighted by Gasteiger charge is -2.14. The summed E-state index contributed by atoms with van der Waals surface area (Å²) in [5, 5.41) is 0.255. The fourth-order valence-corrected chi connectivity index (χ4v) is 2.89. The molecule has 0 aliphatic rings. The Kier molecular flexibility index (Phi) is 4.18. The van der Waals surface area contributed by atoms with E-state index in [0.29, 0.717) is 6.54 Å². The van der Waals surface area contributed by atoms with E-state index in [2.05, 4.69) is 14.7 Å². The summed E-state index contributed by atoms with van der Waals surface area (Å²) in [4.78, 5) is 7.75. The fraction of sp³-hybridized carbons (Fsp3) is 0.273. The number of nitrogens with one attached hydrogen (secondary N) is 1. The molecule has 0 aliphatic heterocycles. The first-order valence-electron chi connectivity index (χ1n) is 5.57. The molecule has 8 heteroatoms.